The van der Waals surface area contributed by atoms with Gasteiger partial charge in [-0.3, -0.25) is 0 Å². The zero-order valence-electron chi connectivity index (χ0n) is 8.82. The van der Waals surface area contributed by atoms with Crippen molar-refractivity contribution in [1.82, 2.24) is 9.78 Å². The Hall–Kier alpha value is -1.69. The van der Waals surface area contributed by atoms with Crippen LogP contribution in [0.5, 0.6) is 0 Å². The van der Waals surface area contributed by atoms with Gasteiger partial charge in [-0.2, -0.15) is 5.10 Å². The molecule has 1 heterocycles. The maximum atomic E-state index is 13.8. The van der Waals surface area contributed by atoms with E-state index in [1.54, 1.807) is 13.0 Å². The van der Waals surface area contributed by atoms with Gasteiger partial charge in [0.2, 0.25) is 0 Å². The third kappa shape index (κ3) is 2.08. The van der Waals surface area contributed by atoms with E-state index in [0.29, 0.717) is 5.69 Å². The normalized spacial score (nSPS) is 10.5. The Balaban J connectivity index is 2.68. The summed E-state index contributed by atoms with van der Waals surface area (Å²) in [5.41, 5.74) is 0.547. The van der Waals surface area contributed by atoms with Gasteiger partial charge >= 0.3 is 5.97 Å². The number of benzene rings is 1. The minimum atomic E-state index is -1.15. The molecule has 1 aromatic carbocycles. The first kappa shape index (κ1) is 11.8. The van der Waals surface area contributed by atoms with Crippen molar-refractivity contribution in [1.29, 1.82) is 0 Å². The lowest BCUT2D eigenvalue weighted by molar-refractivity contribution is 0.0687. The van der Waals surface area contributed by atoms with Gasteiger partial charge in [0, 0.05) is 0 Å². The van der Waals surface area contributed by atoms with Gasteiger partial charge in [0.1, 0.15) is 5.69 Å². The fourth-order valence-corrected chi connectivity index (χ4v) is 1.85. The maximum absolute atomic E-state index is 13.8. The molecule has 0 fully saturated rings. The number of aryl methyl sites for hydroxylation is 1. The van der Waals surface area contributed by atoms with Crippen LogP contribution in [0.2, 0.25) is 0 Å². The van der Waals surface area contributed by atoms with Crippen LogP contribution in [0, 0.1) is 12.7 Å². The van der Waals surface area contributed by atoms with Crippen LogP contribution in [-0.2, 0) is 0 Å². The Morgan fingerprint density at radius 2 is 2.24 bits per heavy atom. The van der Waals surface area contributed by atoms with E-state index >= 15 is 0 Å². The second-order valence-electron chi connectivity index (χ2n) is 3.46. The van der Waals surface area contributed by atoms with E-state index < -0.39 is 11.8 Å². The molecule has 0 saturated carbocycles. The fourth-order valence-electron chi connectivity index (χ4n) is 1.49. The second-order valence-corrected chi connectivity index (χ2v) is 4.32. The molecule has 0 aliphatic carbocycles. The van der Waals surface area contributed by atoms with Gasteiger partial charge in [0.15, 0.2) is 11.5 Å². The van der Waals surface area contributed by atoms with Gasteiger partial charge in [0.05, 0.1) is 10.2 Å². The SMILES string of the molecule is Cc1cc(C(=O)O)n(-c2cccc(Br)c2F)n1. The molecular weight excluding hydrogens is 291 g/mol. The molecule has 0 radical (unpaired) electrons. The van der Waals surface area contributed by atoms with Crippen molar-refractivity contribution in [2.45, 2.75) is 6.92 Å². The number of hydrogen-bond donors (Lipinski definition) is 1. The summed E-state index contributed by atoms with van der Waals surface area (Å²) in [6, 6.07) is 6.02. The van der Waals surface area contributed by atoms with Crippen LogP contribution in [0.3, 0.4) is 0 Å². The molecule has 0 aliphatic heterocycles. The van der Waals surface area contributed by atoms with E-state index in [9.17, 15) is 9.18 Å². The summed E-state index contributed by atoms with van der Waals surface area (Å²) in [5, 5.41) is 13.0. The summed E-state index contributed by atoms with van der Waals surface area (Å²) in [5.74, 6) is -1.69. The number of carboxylic acid groups (broad SMARTS) is 1. The highest BCUT2D eigenvalue weighted by molar-refractivity contribution is 9.10. The van der Waals surface area contributed by atoms with Crippen LogP contribution >= 0.6 is 15.9 Å². The minimum Gasteiger partial charge on any atom is -0.477 e. The van der Waals surface area contributed by atoms with Crippen molar-refractivity contribution in [3.8, 4) is 5.69 Å². The molecule has 1 N–H and O–H groups in total. The maximum Gasteiger partial charge on any atom is 0.354 e. The molecule has 0 atom stereocenters. The Labute approximate surface area is 105 Å². The predicted molar refractivity (Wildman–Crippen MR) is 62.9 cm³/mol. The van der Waals surface area contributed by atoms with E-state index in [-0.39, 0.29) is 15.9 Å². The van der Waals surface area contributed by atoms with Crippen molar-refractivity contribution in [3.63, 3.8) is 0 Å². The zero-order chi connectivity index (χ0) is 12.6. The highest BCUT2D eigenvalue weighted by Gasteiger charge is 2.17. The van der Waals surface area contributed by atoms with E-state index in [0.717, 1.165) is 4.68 Å². The quantitative estimate of drug-likeness (QED) is 0.927. The Morgan fingerprint density at radius 3 is 2.88 bits per heavy atom. The largest absolute Gasteiger partial charge is 0.477 e. The molecule has 17 heavy (non-hydrogen) atoms. The summed E-state index contributed by atoms with van der Waals surface area (Å²) in [6.07, 6.45) is 0. The number of aromatic carboxylic acids is 1. The van der Waals surface area contributed by atoms with E-state index in [1.165, 1.54) is 18.2 Å². The predicted octanol–water partition coefficient (Wildman–Crippen LogP) is 2.78. The lowest BCUT2D eigenvalue weighted by Crippen LogP contribution is -2.09. The number of rotatable bonds is 2. The Kier molecular flexibility index (Phi) is 2.97. The zero-order valence-corrected chi connectivity index (χ0v) is 10.4. The molecule has 2 rings (SSSR count). The fraction of sp³-hybridized carbons (Fsp3) is 0.0909. The summed E-state index contributed by atoms with van der Waals surface area (Å²) in [7, 11) is 0. The molecule has 0 saturated heterocycles. The molecule has 0 spiro atoms. The molecule has 4 nitrogen and oxygen atoms in total. The first-order valence-electron chi connectivity index (χ1n) is 4.75. The molecule has 6 heteroatoms. The smallest absolute Gasteiger partial charge is 0.354 e. The van der Waals surface area contributed by atoms with Crippen molar-refractivity contribution < 1.29 is 14.3 Å². The molecule has 0 aliphatic rings. The van der Waals surface area contributed by atoms with E-state index in [2.05, 4.69) is 21.0 Å². The van der Waals surface area contributed by atoms with Crippen molar-refractivity contribution >= 4 is 21.9 Å². The highest BCUT2D eigenvalue weighted by atomic mass is 79.9. The lowest BCUT2D eigenvalue weighted by atomic mass is 10.3. The molecule has 88 valence electrons. The molecular formula is C11H8BrFN2O2. The van der Waals surface area contributed by atoms with Gasteiger partial charge in [-0.25, -0.2) is 13.9 Å². The minimum absolute atomic E-state index is 0.0699. The summed E-state index contributed by atoms with van der Waals surface area (Å²) >= 11 is 3.05. The highest BCUT2D eigenvalue weighted by Crippen LogP contribution is 2.22. The van der Waals surface area contributed by atoms with Gasteiger partial charge in [-0.1, -0.05) is 6.07 Å². The first-order valence-corrected chi connectivity index (χ1v) is 5.54. The van der Waals surface area contributed by atoms with Crippen LogP contribution in [-0.4, -0.2) is 20.9 Å². The van der Waals surface area contributed by atoms with Gasteiger partial charge < -0.3 is 5.11 Å². The topological polar surface area (TPSA) is 55.1 Å². The van der Waals surface area contributed by atoms with Crippen molar-refractivity contribution in [3.05, 3.63) is 45.9 Å². The standard InChI is InChI=1S/C11H8BrFN2O2/c1-6-5-9(11(16)17)15(14-6)8-4-2-3-7(12)10(8)13/h2-5H,1H3,(H,16,17). The van der Waals surface area contributed by atoms with Crippen molar-refractivity contribution in [2.24, 2.45) is 0 Å². The summed E-state index contributed by atoms with van der Waals surface area (Å²) in [6.45, 7) is 1.65. The van der Waals surface area contributed by atoms with Gasteiger partial charge in [0.25, 0.3) is 0 Å². The Morgan fingerprint density at radius 1 is 1.53 bits per heavy atom. The monoisotopic (exact) mass is 298 g/mol. The van der Waals surface area contributed by atoms with Crippen LogP contribution in [0.15, 0.2) is 28.7 Å². The third-order valence-corrected chi connectivity index (χ3v) is 2.82. The second kappa shape index (κ2) is 4.29. The van der Waals surface area contributed by atoms with Crippen LogP contribution < -0.4 is 0 Å². The van der Waals surface area contributed by atoms with Gasteiger partial charge in [-0.05, 0) is 41.1 Å². The molecule has 0 amide bonds. The van der Waals surface area contributed by atoms with Crippen molar-refractivity contribution in [2.75, 3.05) is 0 Å². The van der Waals surface area contributed by atoms with Crippen LogP contribution in [0.4, 0.5) is 4.39 Å². The first-order chi connectivity index (χ1) is 8.00. The molecule has 0 bridgehead atoms. The van der Waals surface area contributed by atoms with Crippen LogP contribution in [0.25, 0.3) is 5.69 Å². The van der Waals surface area contributed by atoms with E-state index in [1.807, 2.05) is 0 Å². The number of aromatic nitrogens is 2. The number of nitrogens with zero attached hydrogens (tertiary/aromatic N) is 2. The molecule has 0 unspecified atom stereocenters. The number of carbonyl (C=O) groups is 1. The number of halogens is 2. The lowest BCUT2D eigenvalue weighted by Gasteiger charge is -2.06. The summed E-state index contributed by atoms with van der Waals surface area (Å²) < 4.78 is 15.2. The average Bonchev–Trinajstić information content (AvgIpc) is 2.64. The molecule has 1 aromatic heterocycles. The van der Waals surface area contributed by atoms with E-state index in [4.69, 9.17) is 5.11 Å². The number of carboxylic acids is 1. The Bertz CT molecular complexity index is 595. The summed E-state index contributed by atoms with van der Waals surface area (Å²) in [4.78, 5) is 11.0. The van der Waals surface area contributed by atoms with Gasteiger partial charge in [-0.15, -0.1) is 0 Å². The molecule has 2 aromatic rings. The van der Waals surface area contributed by atoms with Crippen LogP contribution in [0.1, 0.15) is 16.2 Å². The average molecular weight is 299 g/mol. The third-order valence-electron chi connectivity index (χ3n) is 2.21. The number of hydrogen-bond acceptors (Lipinski definition) is 2.